The van der Waals surface area contributed by atoms with Gasteiger partial charge in [0.1, 0.15) is 5.82 Å². The first-order chi connectivity index (χ1) is 12.6. The van der Waals surface area contributed by atoms with Crippen LogP contribution in [0.2, 0.25) is 0 Å². The molecule has 7 heteroatoms. The van der Waals surface area contributed by atoms with E-state index in [-0.39, 0.29) is 4.90 Å². The van der Waals surface area contributed by atoms with E-state index >= 15 is 0 Å². The molecule has 0 radical (unpaired) electrons. The van der Waals surface area contributed by atoms with Crippen LogP contribution in [0.5, 0.6) is 0 Å². The van der Waals surface area contributed by atoms with Crippen LogP contribution in [0.3, 0.4) is 0 Å². The normalized spacial score (nSPS) is 14.5. The predicted octanol–water partition coefficient (Wildman–Crippen LogP) is 3.27. The highest BCUT2D eigenvalue weighted by Gasteiger charge is 2.18. The van der Waals surface area contributed by atoms with E-state index in [0.29, 0.717) is 5.82 Å². The zero-order chi connectivity index (χ0) is 18.0. The van der Waals surface area contributed by atoms with Gasteiger partial charge in [0.2, 0.25) is 0 Å². The standard InChI is InChI=1S/C19H20N4O2S/c24-26(25,18-10-8-16(9-11-18)22-14-4-5-15-22)21-19-12-13-20-23(19)17-6-2-1-3-7-17/h1-3,6-13,21H,4-5,14-15H2. The van der Waals surface area contributed by atoms with E-state index in [2.05, 4.69) is 14.7 Å². The number of anilines is 2. The number of nitrogens with zero attached hydrogens (tertiary/aromatic N) is 3. The second-order valence-corrected chi connectivity index (χ2v) is 7.94. The van der Waals surface area contributed by atoms with Gasteiger partial charge >= 0.3 is 0 Å². The van der Waals surface area contributed by atoms with E-state index in [1.165, 1.54) is 12.8 Å². The second kappa shape index (κ2) is 6.84. The Morgan fingerprint density at radius 2 is 1.54 bits per heavy atom. The zero-order valence-electron chi connectivity index (χ0n) is 14.2. The molecule has 134 valence electrons. The molecule has 0 unspecified atom stereocenters. The summed E-state index contributed by atoms with van der Waals surface area (Å²) in [6.07, 6.45) is 3.94. The fraction of sp³-hybridized carbons (Fsp3) is 0.211. The van der Waals surface area contributed by atoms with Crippen molar-refractivity contribution in [3.63, 3.8) is 0 Å². The summed E-state index contributed by atoms with van der Waals surface area (Å²) in [6.45, 7) is 2.06. The highest BCUT2D eigenvalue weighted by Crippen LogP contribution is 2.24. The van der Waals surface area contributed by atoms with Crippen molar-refractivity contribution < 1.29 is 8.42 Å². The molecule has 1 N–H and O–H groups in total. The van der Waals surface area contributed by atoms with Gasteiger partial charge in [0, 0.05) is 24.8 Å². The molecule has 0 aliphatic carbocycles. The monoisotopic (exact) mass is 368 g/mol. The van der Waals surface area contributed by atoms with Gasteiger partial charge in [-0.25, -0.2) is 13.1 Å². The fourth-order valence-corrected chi connectivity index (χ4v) is 4.21. The molecular formula is C19H20N4O2S. The Bertz CT molecular complexity index is 976. The Labute approximate surface area is 153 Å². The number of aromatic nitrogens is 2. The lowest BCUT2D eigenvalue weighted by molar-refractivity contribution is 0.600. The van der Waals surface area contributed by atoms with Crippen molar-refractivity contribution in [2.24, 2.45) is 0 Å². The first-order valence-electron chi connectivity index (χ1n) is 8.61. The maximum absolute atomic E-state index is 12.7. The number of rotatable bonds is 5. The van der Waals surface area contributed by atoms with Crippen molar-refractivity contribution in [3.05, 3.63) is 66.9 Å². The predicted molar refractivity (Wildman–Crippen MR) is 102 cm³/mol. The molecule has 6 nitrogen and oxygen atoms in total. The van der Waals surface area contributed by atoms with Gasteiger partial charge in [0.25, 0.3) is 10.0 Å². The lowest BCUT2D eigenvalue weighted by Crippen LogP contribution is -2.18. The Hall–Kier alpha value is -2.80. The van der Waals surface area contributed by atoms with Crippen molar-refractivity contribution in [3.8, 4) is 5.69 Å². The highest BCUT2D eigenvalue weighted by atomic mass is 32.2. The minimum absolute atomic E-state index is 0.237. The minimum atomic E-state index is -3.68. The van der Waals surface area contributed by atoms with Gasteiger partial charge in [-0.1, -0.05) is 18.2 Å². The van der Waals surface area contributed by atoms with Crippen LogP contribution in [0.1, 0.15) is 12.8 Å². The van der Waals surface area contributed by atoms with Gasteiger partial charge in [-0.15, -0.1) is 0 Å². The summed E-state index contributed by atoms with van der Waals surface area (Å²) in [4.78, 5) is 2.51. The van der Waals surface area contributed by atoms with Crippen LogP contribution in [0.25, 0.3) is 5.69 Å². The summed E-state index contributed by atoms with van der Waals surface area (Å²) < 4.78 is 29.7. The van der Waals surface area contributed by atoms with Crippen molar-refractivity contribution in [1.82, 2.24) is 9.78 Å². The average Bonchev–Trinajstić information content (AvgIpc) is 3.34. The molecule has 26 heavy (non-hydrogen) atoms. The number of nitrogens with one attached hydrogen (secondary N) is 1. The van der Waals surface area contributed by atoms with Crippen LogP contribution in [0.4, 0.5) is 11.5 Å². The summed E-state index contributed by atoms with van der Waals surface area (Å²) in [5.74, 6) is 0.403. The maximum Gasteiger partial charge on any atom is 0.263 e. The molecule has 0 spiro atoms. The van der Waals surface area contributed by atoms with Gasteiger partial charge in [-0.05, 0) is 49.2 Å². The molecule has 0 atom stereocenters. The van der Waals surface area contributed by atoms with E-state index in [1.54, 1.807) is 29.1 Å². The van der Waals surface area contributed by atoms with Gasteiger partial charge in [0.15, 0.2) is 0 Å². The van der Waals surface area contributed by atoms with Crippen LogP contribution in [0, 0.1) is 0 Å². The van der Waals surface area contributed by atoms with E-state index in [0.717, 1.165) is 24.5 Å². The van der Waals surface area contributed by atoms with Gasteiger partial charge in [-0.3, -0.25) is 4.72 Å². The third-order valence-corrected chi connectivity index (χ3v) is 5.87. The molecule has 1 aliphatic heterocycles. The largest absolute Gasteiger partial charge is 0.372 e. The summed E-state index contributed by atoms with van der Waals surface area (Å²) in [6, 6.07) is 18.1. The molecule has 0 amide bonds. The lowest BCUT2D eigenvalue weighted by atomic mass is 10.3. The van der Waals surface area contributed by atoms with E-state index in [4.69, 9.17) is 0 Å². The number of sulfonamides is 1. The summed E-state index contributed by atoms with van der Waals surface area (Å²) in [5, 5.41) is 4.21. The van der Waals surface area contributed by atoms with Crippen molar-refractivity contribution in [2.75, 3.05) is 22.7 Å². The number of benzene rings is 2. The SMILES string of the molecule is O=S(=O)(Nc1ccnn1-c1ccccc1)c1ccc(N2CCCC2)cc1. The maximum atomic E-state index is 12.7. The molecule has 2 aromatic carbocycles. The smallest absolute Gasteiger partial charge is 0.263 e. The molecule has 4 rings (SSSR count). The molecule has 0 saturated carbocycles. The van der Waals surface area contributed by atoms with E-state index in [9.17, 15) is 8.42 Å². The number of para-hydroxylation sites is 1. The second-order valence-electron chi connectivity index (χ2n) is 6.26. The third kappa shape index (κ3) is 3.30. The molecular weight excluding hydrogens is 348 g/mol. The van der Waals surface area contributed by atoms with Crippen LogP contribution in [-0.4, -0.2) is 31.3 Å². The fourth-order valence-electron chi connectivity index (χ4n) is 3.16. The number of hydrogen-bond acceptors (Lipinski definition) is 4. The third-order valence-electron chi connectivity index (χ3n) is 4.50. The highest BCUT2D eigenvalue weighted by molar-refractivity contribution is 7.92. The van der Waals surface area contributed by atoms with Gasteiger partial charge < -0.3 is 4.90 Å². The van der Waals surface area contributed by atoms with E-state index < -0.39 is 10.0 Å². The van der Waals surface area contributed by atoms with Crippen LogP contribution < -0.4 is 9.62 Å². The molecule has 1 aliphatic rings. The Morgan fingerprint density at radius 1 is 0.846 bits per heavy atom. The molecule has 1 saturated heterocycles. The molecule has 1 fully saturated rings. The van der Waals surface area contributed by atoms with Crippen LogP contribution in [0.15, 0.2) is 71.8 Å². The van der Waals surface area contributed by atoms with Crippen molar-refractivity contribution in [2.45, 2.75) is 17.7 Å². The first kappa shape index (κ1) is 16.7. The summed E-state index contributed by atoms with van der Waals surface area (Å²) in [5.41, 5.74) is 1.86. The summed E-state index contributed by atoms with van der Waals surface area (Å²) >= 11 is 0. The lowest BCUT2D eigenvalue weighted by Gasteiger charge is -2.18. The van der Waals surface area contributed by atoms with E-state index in [1.807, 2.05) is 42.5 Å². The zero-order valence-corrected chi connectivity index (χ0v) is 15.1. The molecule has 1 aromatic heterocycles. The van der Waals surface area contributed by atoms with Crippen molar-refractivity contribution in [1.29, 1.82) is 0 Å². The Morgan fingerprint density at radius 3 is 2.23 bits per heavy atom. The average molecular weight is 368 g/mol. The van der Waals surface area contributed by atoms with Gasteiger partial charge in [0.05, 0.1) is 16.8 Å². The Balaban J connectivity index is 1.57. The molecule has 0 bridgehead atoms. The quantitative estimate of drug-likeness (QED) is 0.750. The topological polar surface area (TPSA) is 67.2 Å². The van der Waals surface area contributed by atoms with Crippen molar-refractivity contribution >= 4 is 21.5 Å². The summed E-state index contributed by atoms with van der Waals surface area (Å²) in [7, 11) is -3.68. The van der Waals surface area contributed by atoms with Crippen LogP contribution in [-0.2, 0) is 10.0 Å². The van der Waals surface area contributed by atoms with Gasteiger partial charge in [-0.2, -0.15) is 5.10 Å². The van der Waals surface area contributed by atoms with Crippen LogP contribution >= 0.6 is 0 Å². The Kier molecular flexibility index (Phi) is 4.38. The molecule has 2 heterocycles. The first-order valence-corrected chi connectivity index (χ1v) is 10.1. The minimum Gasteiger partial charge on any atom is -0.372 e. The number of hydrogen-bond donors (Lipinski definition) is 1. The molecule has 3 aromatic rings.